The fraction of sp³-hybridized carbons (Fsp3) is 0.318. The van der Waals surface area contributed by atoms with Crippen molar-refractivity contribution in [1.82, 2.24) is 15.5 Å². The molecule has 0 heterocycles. The van der Waals surface area contributed by atoms with E-state index in [4.69, 9.17) is 4.74 Å². The summed E-state index contributed by atoms with van der Waals surface area (Å²) in [5.74, 6) is -1.16. The highest BCUT2D eigenvalue weighted by molar-refractivity contribution is 6.40. The van der Waals surface area contributed by atoms with Crippen molar-refractivity contribution < 1.29 is 19.1 Å². The quantitative estimate of drug-likeness (QED) is 0.429. The van der Waals surface area contributed by atoms with Gasteiger partial charge in [0.2, 0.25) is 0 Å². The summed E-state index contributed by atoms with van der Waals surface area (Å²) >= 11 is 0. The normalized spacial score (nSPS) is 10.4. The summed E-state index contributed by atoms with van der Waals surface area (Å²) < 4.78 is 5.12. The van der Waals surface area contributed by atoms with Crippen molar-refractivity contribution in [3.63, 3.8) is 0 Å². The molecule has 2 rings (SSSR count). The van der Waals surface area contributed by atoms with Crippen LogP contribution in [0.1, 0.15) is 22.3 Å². The molecule has 3 N–H and O–H groups in total. The molecular formula is C22H28N4O4. The molecule has 0 aromatic heterocycles. The maximum Gasteiger partial charge on any atom is 0.313 e. The highest BCUT2D eigenvalue weighted by atomic mass is 16.5. The number of nitrogens with one attached hydrogen (secondary N) is 3. The van der Waals surface area contributed by atoms with Crippen LogP contribution < -0.4 is 20.7 Å². The molecule has 0 aliphatic carbocycles. The van der Waals surface area contributed by atoms with Crippen molar-refractivity contribution >= 4 is 23.4 Å². The molecule has 0 saturated carbocycles. The van der Waals surface area contributed by atoms with E-state index < -0.39 is 11.8 Å². The number of anilines is 1. The number of nitrogens with zero attached hydrogens (tertiary/aromatic N) is 1. The number of carbonyl (C=O) groups is 3. The number of hydrogen-bond donors (Lipinski definition) is 3. The highest BCUT2D eigenvalue weighted by Crippen LogP contribution is 2.16. The topological polar surface area (TPSA) is 99.8 Å². The van der Waals surface area contributed by atoms with E-state index in [9.17, 15) is 14.4 Å². The molecule has 0 atom stereocenters. The van der Waals surface area contributed by atoms with Crippen LogP contribution >= 0.6 is 0 Å². The van der Waals surface area contributed by atoms with Crippen LogP contribution in [0.2, 0.25) is 0 Å². The van der Waals surface area contributed by atoms with Crippen molar-refractivity contribution in [2.24, 2.45) is 0 Å². The van der Waals surface area contributed by atoms with Crippen LogP contribution in [0.3, 0.4) is 0 Å². The zero-order valence-corrected chi connectivity index (χ0v) is 17.5. The largest absolute Gasteiger partial charge is 0.497 e. The lowest BCUT2D eigenvalue weighted by Gasteiger charge is -2.12. The second kappa shape index (κ2) is 11.6. The second-order valence-corrected chi connectivity index (χ2v) is 6.94. The molecule has 0 aliphatic heterocycles. The van der Waals surface area contributed by atoms with E-state index in [1.54, 1.807) is 31.4 Å². The summed E-state index contributed by atoms with van der Waals surface area (Å²) in [5.41, 5.74) is 1.46. The second-order valence-electron chi connectivity index (χ2n) is 6.94. The van der Waals surface area contributed by atoms with E-state index in [1.807, 2.05) is 43.3 Å². The summed E-state index contributed by atoms with van der Waals surface area (Å²) in [6, 6.07) is 13.9. The van der Waals surface area contributed by atoms with E-state index in [2.05, 4.69) is 16.0 Å². The molecule has 0 aliphatic rings. The molecule has 0 spiro atoms. The average molecular weight is 412 g/mol. The van der Waals surface area contributed by atoms with Gasteiger partial charge in [-0.3, -0.25) is 14.4 Å². The number of amides is 3. The van der Waals surface area contributed by atoms with Gasteiger partial charge in [0.05, 0.1) is 18.4 Å². The smallest absolute Gasteiger partial charge is 0.313 e. The van der Waals surface area contributed by atoms with E-state index in [0.717, 1.165) is 24.3 Å². The summed E-state index contributed by atoms with van der Waals surface area (Å²) in [6.45, 7) is 1.52. The Morgan fingerprint density at radius 2 is 1.63 bits per heavy atom. The number of rotatable bonds is 9. The van der Waals surface area contributed by atoms with Crippen LogP contribution in [0, 0.1) is 0 Å². The fourth-order valence-corrected chi connectivity index (χ4v) is 2.67. The monoisotopic (exact) mass is 412 g/mol. The molecule has 3 amide bonds. The van der Waals surface area contributed by atoms with Gasteiger partial charge in [0, 0.05) is 13.1 Å². The first-order chi connectivity index (χ1) is 14.4. The molecule has 0 radical (unpaired) electrons. The summed E-state index contributed by atoms with van der Waals surface area (Å²) in [4.78, 5) is 38.8. The standard InChI is InChI=1S/C22H28N4O4/c1-26(2)14-6-13-23-21(28)22(29)25-19-8-5-4-7-18(19)20(27)24-15-16-9-11-17(30-3)12-10-16/h4-5,7-12H,6,13-15H2,1-3H3,(H,23,28)(H,24,27)(H,25,29). The molecule has 0 unspecified atom stereocenters. The predicted octanol–water partition coefficient (Wildman–Crippen LogP) is 1.63. The number of methoxy groups -OCH3 is 1. The number of benzene rings is 2. The third-order valence-electron chi connectivity index (χ3n) is 4.31. The van der Waals surface area contributed by atoms with Gasteiger partial charge in [-0.2, -0.15) is 0 Å². The Hall–Kier alpha value is -3.39. The van der Waals surface area contributed by atoms with Gasteiger partial charge in [-0.15, -0.1) is 0 Å². The van der Waals surface area contributed by atoms with E-state index >= 15 is 0 Å². The maximum atomic E-state index is 12.6. The molecule has 0 fully saturated rings. The number of para-hydroxylation sites is 1. The Bertz CT molecular complexity index is 866. The molecule has 8 nitrogen and oxygen atoms in total. The molecule has 8 heteroatoms. The predicted molar refractivity (Wildman–Crippen MR) is 115 cm³/mol. The first-order valence-corrected chi connectivity index (χ1v) is 9.64. The lowest BCUT2D eigenvalue weighted by atomic mass is 10.1. The van der Waals surface area contributed by atoms with Gasteiger partial charge < -0.3 is 25.6 Å². The number of hydrogen-bond acceptors (Lipinski definition) is 5. The Morgan fingerprint density at radius 1 is 0.933 bits per heavy atom. The van der Waals surface area contributed by atoms with Gasteiger partial charge in [-0.05, 0) is 56.9 Å². The van der Waals surface area contributed by atoms with Gasteiger partial charge in [-0.25, -0.2) is 0 Å². The summed E-state index contributed by atoms with van der Waals surface area (Å²) in [6.07, 6.45) is 0.733. The van der Waals surface area contributed by atoms with Crippen molar-refractivity contribution in [3.05, 3.63) is 59.7 Å². The minimum absolute atomic E-state index is 0.276. The molecular weight excluding hydrogens is 384 g/mol. The molecule has 0 bridgehead atoms. The van der Waals surface area contributed by atoms with E-state index in [0.29, 0.717) is 13.1 Å². The van der Waals surface area contributed by atoms with Crippen molar-refractivity contribution in [1.29, 1.82) is 0 Å². The van der Waals surface area contributed by atoms with E-state index in [-0.39, 0.29) is 17.2 Å². The molecule has 30 heavy (non-hydrogen) atoms. The lowest BCUT2D eigenvalue weighted by Crippen LogP contribution is -2.37. The minimum atomic E-state index is -0.810. The Kier molecular flexibility index (Phi) is 8.83. The van der Waals surface area contributed by atoms with Crippen LogP contribution in [0.4, 0.5) is 5.69 Å². The third-order valence-corrected chi connectivity index (χ3v) is 4.31. The summed E-state index contributed by atoms with van der Waals surface area (Å²) in [5, 5.41) is 7.90. The van der Waals surface area contributed by atoms with Gasteiger partial charge in [0.25, 0.3) is 5.91 Å². The van der Waals surface area contributed by atoms with Crippen molar-refractivity contribution in [2.75, 3.05) is 39.6 Å². The van der Waals surface area contributed by atoms with Gasteiger partial charge in [0.15, 0.2) is 0 Å². The van der Waals surface area contributed by atoms with Crippen LogP contribution in [-0.2, 0) is 16.1 Å². The maximum absolute atomic E-state index is 12.6. The van der Waals surface area contributed by atoms with Gasteiger partial charge in [0.1, 0.15) is 5.75 Å². The number of ether oxygens (including phenoxy) is 1. The molecule has 160 valence electrons. The molecule has 2 aromatic carbocycles. The first-order valence-electron chi connectivity index (χ1n) is 9.64. The van der Waals surface area contributed by atoms with Gasteiger partial charge >= 0.3 is 11.8 Å². The Morgan fingerprint density at radius 3 is 2.30 bits per heavy atom. The van der Waals surface area contributed by atoms with E-state index in [1.165, 1.54) is 0 Å². The lowest BCUT2D eigenvalue weighted by molar-refractivity contribution is -0.136. The Labute approximate surface area is 176 Å². The zero-order chi connectivity index (χ0) is 21.9. The average Bonchev–Trinajstić information content (AvgIpc) is 2.75. The summed E-state index contributed by atoms with van der Waals surface area (Å²) in [7, 11) is 5.46. The first kappa shape index (κ1) is 22.9. The van der Waals surface area contributed by atoms with Crippen LogP contribution in [0.15, 0.2) is 48.5 Å². The Balaban J connectivity index is 1.92. The van der Waals surface area contributed by atoms with Crippen molar-refractivity contribution in [2.45, 2.75) is 13.0 Å². The number of carbonyl (C=O) groups excluding carboxylic acids is 3. The minimum Gasteiger partial charge on any atom is -0.497 e. The highest BCUT2D eigenvalue weighted by Gasteiger charge is 2.17. The molecule has 2 aromatic rings. The van der Waals surface area contributed by atoms with Crippen LogP contribution in [0.25, 0.3) is 0 Å². The third kappa shape index (κ3) is 7.21. The van der Waals surface area contributed by atoms with Crippen LogP contribution in [-0.4, -0.2) is 56.9 Å². The molecule has 0 saturated heterocycles. The zero-order valence-electron chi connectivity index (χ0n) is 17.5. The van der Waals surface area contributed by atoms with Gasteiger partial charge in [-0.1, -0.05) is 24.3 Å². The fourth-order valence-electron chi connectivity index (χ4n) is 2.67. The van der Waals surface area contributed by atoms with Crippen molar-refractivity contribution in [3.8, 4) is 5.75 Å². The van der Waals surface area contributed by atoms with Crippen LogP contribution in [0.5, 0.6) is 5.75 Å². The SMILES string of the molecule is COc1ccc(CNC(=O)c2ccccc2NC(=O)C(=O)NCCCN(C)C)cc1.